The van der Waals surface area contributed by atoms with Crippen molar-refractivity contribution in [1.82, 2.24) is 9.80 Å². The highest BCUT2D eigenvalue weighted by molar-refractivity contribution is 6.31. The number of nitrogens with zero attached hydrogens (tertiary/aromatic N) is 2. The standard InChI is InChI=1S/C12H18ClN3O/c1-15(2)12(17)8-16(3)7-9-6-10(14)4-5-11(9)13/h4-6H,7-8,14H2,1-3H3. The summed E-state index contributed by atoms with van der Waals surface area (Å²) < 4.78 is 0. The largest absolute Gasteiger partial charge is 0.399 e. The monoisotopic (exact) mass is 255 g/mol. The van der Waals surface area contributed by atoms with Gasteiger partial charge in [-0.1, -0.05) is 11.6 Å². The van der Waals surface area contributed by atoms with E-state index in [9.17, 15) is 4.79 Å². The van der Waals surface area contributed by atoms with E-state index in [1.165, 1.54) is 0 Å². The zero-order valence-electron chi connectivity index (χ0n) is 10.4. The summed E-state index contributed by atoms with van der Waals surface area (Å²) in [6, 6.07) is 5.36. The van der Waals surface area contributed by atoms with Gasteiger partial charge in [0, 0.05) is 31.4 Å². The number of likely N-dealkylation sites (N-methyl/N-ethyl adjacent to an activating group) is 2. The highest BCUT2D eigenvalue weighted by atomic mass is 35.5. The Balaban J connectivity index is 2.64. The SMILES string of the molecule is CN(CC(=O)N(C)C)Cc1cc(N)ccc1Cl. The molecule has 0 saturated heterocycles. The molecular formula is C12H18ClN3O. The topological polar surface area (TPSA) is 49.6 Å². The van der Waals surface area contributed by atoms with Crippen molar-refractivity contribution in [1.29, 1.82) is 0 Å². The smallest absolute Gasteiger partial charge is 0.236 e. The van der Waals surface area contributed by atoms with Gasteiger partial charge in [0.1, 0.15) is 0 Å². The molecule has 17 heavy (non-hydrogen) atoms. The second-order valence-electron chi connectivity index (χ2n) is 4.31. The van der Waals surface area contributed by atoms with Gasteiger partial charge in [-0.15, -0.1) is 0 Å². The van der Waals surface area contributed by atoms with Crippen LogP contribution in [0, 0.1) is 0 Å². The van der Waals surface area contributed by atoms with E-state index in [0.29, 0.717) is 23.8 Å². The molecule has 0 saturated carbocycles. The molecule has 1 aromatic carbocycles. The Kier molecular flexibility index (Phi) is 4.78. The highest BCUT2D eigenvalue weighted by Crippen LogP contribution is 2.20. The van der Waals surface area contributed by atoms with E-state index in [1.807, 2.05) is 18.0 Å². The van der Waals surface area contributed by atoms with Crippen LogP contribution in [0.15, 0.2) is 18.2 Å². The summed E-state index contributed by atoms with van der Waals surface area (Å²) in [4.78, 5) is 15.0. The Labute approximate surface area is 107 Å². The lowest BCUT2D eigenvalue weighted by Crippen LogP contribution is -2.34. The van der Waals surface area contributed by atoms with Crippen molar-refractivity contribution in [2.75, 3.05) is 33.4 Å². The van der Waals surface area contributed by atoms with Gasteiger partial charge in [-0.25, -0.2) is 0 Å². The van der Waals surface area contributed by atoms with Crippen molar-refractivity contribution in [2.45, 2.75) is 6.54 Å². The first-order chi connectivity index (χ1) is 7.90. The summed E-state index contributed by atoms with van der Waals surface area (Å²) in [5.74, 6) is 0.0625. The fourth-order valence-electron chi connectivity index (χ4n) is 1.43. The maximum absolute atomic E-state index is 11.5. The molecule has 0 aromatic heterocycles. The predicted molar refractivity (Wildman–Crippen MR) is 70.9 cm³/mol. The second-order valence-corrected chi connectivity index (χ2v) is 4.72. The normalized spacial score (nSPS) is 10.6. The maximum atomic E-state index is 11.5. The molecule has 0 aliphatic heterocycles. The maximum Gasteiger partial charge on any atom is 0.236 e. The Morgan fingerprint density at radius 1 is 1.35 bits per heavy atom. The molecule has 1 rings (SSSR count). The zero-order chi connectivity index (χ0) is 13.0. The number of rotatable bonds is 4. The third kappa shape index (κ3) is 4.24. The van der Waals surface area contributed by atoms with Crippen molar-refractivity contribution in [3.63, 3.8) is 0 Å². The number of benzene rings is 1. The van der Waals surface area contributed by atoms with Gasteiger partial charge in [-0.05, 0) is 30.8 Å². The fraction of sp³-hybridized carbons (Fsp3) is 0.417. The van der Waals surface area contributed by atoms with Crippen LogP contribution in [0.5, 0.6) is 0 Å². The number of anilines is 1. The first-order valence-corrected chi connectivity index (χ1v) is 5.70. The molecule has 0 spiro atoms. The van der Waals surface area contributed by atoms with Crippen molar-refractivity contribution < 1.29 is 4.79 Å². The van der Waals surface area contributed by atoms with E-state index in [1.54, 1.807) is 31.1 Å². The lowest BCUT2D eigenvalue weighted by molar-refractivity contribution is -0.129. The number of nitrogen functional groups attached to an aromatic ring is 1. The number of amides is 1. The van der Waals surface area contributed by atoms with E-state index in [2.05, 4.69) is 0 Å². The van der Waals surface area contributed by atoms with Gasteiger partial charge in [0.15, 0.2) is 0 Å². The number of carbonyl (C=O) groups excluding carboxylic acids is 1. The van der Waals surface area contributed by atoms with E-state index in [-0.39, 0.29) is 5.91 Å². The molecule has 0 atom stereocenters. The Bertz CT molecular complexity index is 407. The molecule has 1 amide bonds. The number of halogens is 1. The van der Waals surface area contributed by atoms with E-state index in [0.717, 1.165) is 5.56 Å². The molecular weight excluding hydrogens is 238 g/mol. The number of hydrogen-bond acceptors (Lipinski definition) is 3. The van der Waals surface area contributed by atoms with Gasteiger partial charge in [0.25, 0.3) is 0 Å². The Morgan fingerprint density at radius 3 is 2.59 bits per heavy atom. The minimum absolute atomic E-state index is 0.0625. The van der Waals surface area contributed by atoms with Crippen molar-refractivity contribution in [3.8, 4) is 0 Å². The van der Waals surface area contributed by atoms with Crippen molar-refractivity contribution in [2.24, 2.45) is 0 Å². The molecule has 0 unspecified atom stereocenters. The Morgan fingerprint density at radius 2 is 2.00 bits per heavy atom. The van der Waals surface area contributed by atoms with Crippen LogP contribution in [0.3, 0.4) is 0 Å². The average Bonchev–Trinajstić information content (AvgIpc) is 2.23. The fourth-order valence-corrected chi connectivity index (χ4v) is 1.61. The van der Waals surface area contributed by atoms with E-state index in [4.69, 9.17) is 17.3 Å². The number of hydrogen-bond donors (Lipinski definition) is 1. The van der Waals surface area contributed by atoms with Crippen molar-refractivity contribution in [3.05, 3.63) is 28.8 Å². The summed E-state index contributed by atoms with van der Waals surface area (Å²) in [7, 11) is 5.36. The molecule has 5 heteroatoms. The lowest BCUT2D eigenvalue weighted by atomic mass is 10.2. The van der Waals surface area contributed by atoms with Gasteiger partial charge in [-0.2, -0.15) is 0 Å². The highest BCUT2D eigenvalue weighted by Gasteiger charge is 2.10. The minimum Gasteiger partial charge on any atom is -0.399 e. The van der Waals surface area contributed by atoms with Gasteiger partial charge in [0.05, 0.1) is 6.54 Å². The average molecular weight is 256 g/mol. The van der Waals surface area contributed by atoms with Crippen LogP contribution in [0.1, 0.15) is 5.56 Å². The van der Waals surface area contributed by atoms with Crippen LogP contribution in [0.2, 0.25) is 5.02 Å². The molecule has 0 aliphatic rings. The predicted octanol–water partition coefficient (Wildman–Crippen LogP) is 1.44. The van der Waals surface area contributed by atoms with Crippen LogP contribution in [0.25, 0.3) is 0 Å². The summed E-state index contributed by atoms with van der Waals surface area (Å²) in [6.45, 7) is 0.960. The summed E-state index contributed by atoms with van der Waals surface area (Å²) in [5, 5.41) is 0.670. The molecule has 0 bridgehead atoms. The van der Waals surface area contributed by atoms with Gasteiger partial charge < -0.3 is 10.6 Å². The number of nitrogens with two attached hydrogens (primary N) is 1. The molecule has 1 aromatic rings. The van der Waals surface area contributed by atoms with Gasteiger partial charge in [0.2, 0.25) is 5.91 Å². The van der Waals surface area contributed by atoms with Gasteiger partial charge >= 0.3 is 0 Å². The second kappa shape index (κ2) is 5.89. The third-order valence-corrected chi connectivity index (χ3v) is 2.78. The van der Waals surface area contributed by atoms with Gasteiger partial charge in [-0.3, -0.25) is 9.69 Å². The Hall–Kier alpha value is -1.26. The molecule has 94 valence electrons. The van der Waals surface area contributed by atoms with Crippen LogP contribution in [-0.4, -0.2) is 43.4 Å². The summed E-state index contributed by atoms with van der Waals surface area (Å²) in [5.41, 5.74) is 7.31. The van der Waals surface area contributed by atoms with Crippen LogP contribution >= 0.6 is 11.6 Å². The quantitative estimate of drug-likeness (QED) is 0.829. The van der Waals surface area contributed by atoms with Crippen LogP contribution in [0.4, 0.5) is 5.69 Å². The molecule has 0 radical (unpaired) electrons. The van der Waals surface area contributed by atoms with E-state index >= 15 is 0 Å². The van der Waals surface area contributed by atoms with Crippen LogP contribution in [-0.2, 0) is 11.3 Å². The molecule has 0 heterocycles. The van der Waals surface area contributed by atoms with E-state index < -0.39 is 0 Å². The first-order valence-electron chi connectivity index (χ1n) is 5.32. The summed E-state index contributed by atoms with van der Waals surface area (Å²) >= 11 is 6.06. The summed E-state index contributed by atoms with van der Waals surface area (Å²) in [6.07, 6.45) is 0. The first kappa shape index (κ1) is 13.8. The molecule has 0 aliphatic carbocycles. The van der Waals surface area contributed by atoms with Crippen molar-refractivity contribution >= 4 is 23.2 Å². The van der Waals surface area contributed by atoms with Crippen LogP contribution < -0.4 is 5.73 Å². The zero-order valence-corrected chi connectivity index (χ0v) is 11.2. The lowest BCUT2D eigenvalue weighted by Gasteiger charge is -2.19. The molecule has 0 fully saturated rings. The molecule has 2 N–H and O–H groups in total. The molecule has 4 nitrogen and oxygen atoms in total. The third-order valence-electron chi connectivity index (χ3n) is 2.41. The minimum atomic E-state index is 0.0625. The number of carbonyl (C=O) groups is 1.